The highest BCUT2D eigenvalue weighted by Crippen LogP contribution is 2.15. The van der Waals surface area contributed by atoms with Crippen LogP contribution in [-0.2, 0) is 9.53 Å². The van der Waals surface area contributed by atoms with Crippen molar-refractivity contribution in [2.24, 2.45) is 22.7 Å². The molecule has 6 heteroatoms. The molecule has 104 valence electrons. The van der Waals surface area contributed by atoms with Crippen LogP contribution in [0.2, 0.25) is 0 Å². The van der Waals surface area contributed by atoms with Gasteiger partial charge in [0.2, 0.25) is 5.91 Å². The fourth-order valence-electron chi connectivity index (χ4n) is 2.11. The third-order valence-corrected chi connectivity index (χ3v) is 3.24. The highest BCUT2D eigenvalue weighted by molar-refractivity contribution is 6.01. The molecule has 0 aromatic carbocycles. The molecule has 1 rings (SSSR count). The van der Waals surface area contributed by atoms with Gasteiger partial charge in [-0.2, -0.15) is 0 Å². The number of carbonyl (C=O) groups is 1. The summed E-state index contributed by atoms with van der Waals surface area (Å²) >= 11 is 0. The van der Waals surface area contributed by atoms with Gasteiger partial charge in [0.25, 0.3) is 0 Å². The molecule has 2 atom stereocenters. The summed E-state index contributed by atoms with van der Waals surface area (Å²) in [5.74, 6) is -0.164. The van der Waals surface area contributed by atoms with Crippen molar-refractivity contribution in [2.75, 3.05) is 19.8 Å². The quantitative estimate of drug-likeness (QED) is 0.270. The van der Waals surface area contributed by atoms with Crippen LogP contribution >= 0.6 is 0 Å². The smallest absolute Gasteiger partial charge is 0.230 e. The second kappa shape index (κ2) is 7.92. The Hall–Kier alpha value is -1.30. The summed E-state index contributed by atoms with van der Waals surface area (Å²) in [6, 6.07) is 0. The zero-order valence-electron chi connectivity index (χ0n) is 10.9. The van der Waals surface area contributed by atoms with Gasteiger partial charge >= 0.3 is 0 Å². The van der Waals surface area contributed by atoms with Crippen LogP contribution in [0.25, 0.3) is 0 Å². The van der Waals surface area contributed by atoms with Crippen molar-refractivity contribution in [3.63, 3.8) is 0 Å². The Labute approximate surface area is 108 Å². The lowest BCUT2D eigenvalue weighted by molar-refractivity contribution is -0.123. The molecule has 0 aromatic rings. The number of oxime groups is 1. The summed E-state index contributed by atoms with van der Waals surface area (Å²) in [7, 11) is 0. The summed E-state index contributed by atoms with van der Waals surface area (Å²) in [5, 5.41) is 14.4. The fraction of sp³-hybridized carbons (Fsp3) is 0.833. The summed E-state index contributed by atoms with van der Waals surface area (Å²) in [5.41, 5.74) is 5.52. The number of carbonyl (C=O) groups excluding carboxylic acids is 1. The van der Waals surface area contributed by atoms with Gasteiger partial charge in [-0.25, -0.2) is 0 Å². The van der Waals surface area contributed by atoms with E-state index in [9.17, 15) is 4.79 Å². The fourth-order valence-corrected chi connectivity index (χ4v) is 2.11. The van der Waals surface area contributed by atoms with E-state index in [1.165, 1.54) is 0 Å². The first-order valence-corrected chi connectivity index (χ1v) is 6.51. The number of amides is 1. The third-order valence-electron chi connectivity index (χ3n) is 3.24. The van der Waals surface area contributed by atoms with Crippen LogP contribution in [0.1, 0.15) is 32.6 Å². The molecule has 0 spiro atoms. The Morgan fingerprint density at radius 1 is 1.67 bits per heavy atom. The Morgan fingerprint density at radius 3 is 3.00 bits per heavy atom. The number of nitrogens with one attached hydrogen (secondary N) is 1. The van der Waals surface area contributed by atoms with Gasteiger partial charge in [0, 0.05) is 19.8 Å². The van der Waals surface area contributed by atoms with E-state index in [2.05, 4.69) is 10.5 Å². The molecule has 0 saturated carbocycles. The Balaban J connectivity index is 2.31. The molecule has 1 aliphatic heterocycles. The maximum absolute atomic E-state index is 11.9. The lowest BCUT2D eigenvalue weighted by Gasteiger charge is -2.15. The number of nitrogens with two attached hydrogens (primary N) is 1. The minimum absolute atomic E-state index is 0.0152. The largest absolute Gasteiger partial charge is 0.409 e. The summed E-state index contributed by atoms with van der Waals surface area (Å²) in [4.78, 5) is 11.9. The van der Waals surface area contributed by atoms with Gasteiger partial charge in [-0.15, -0.1) is 0 Å². The van der Waals surface area contributed by atoms with Crippen LogP contribution in [0.5, 0.6) is 0 Å². The van der Waals surface area contributed by atoms with Crippen molar-refractivity contribution in [1.82, 2.24) is 5.32 Å². The number of hydrogen-bond acceptors (Lipinski definition) is 4. The van der Waals surface area contributed by atoms with Crippen LogP contribution in [0.15, 0.2) is 5.16 Å². The highest BCUT2D eigenvalue weighted by atomic mass is 16.5. The van der Waals surface area contributed by atoms with Crippen LogP contribution in [0, 0.1) is 11.8 Å². The molecule has 1 saturated heterocycles. The van der Waals surface area contributed by atoms with Crippen molar-refractivity contribution < 1.29 is 14.7 Å². The molecule has 1 amide bonds. The van der Waals surface area contributed by atoms with E-state index in [-0.39, 0.29) is 11.7 Å². The van der Waals surface area contributed by atoms with Crippen molar-refractivity contribution in [3.05, 3.63) is 0 Å². The lowest BCUT2D eigenvalue weighted by Crippen LogP contribution is -2.39. The molecule has 1 fully saturated rings. The number of ether oxygens (including phenoxy) is 1. The Morgan fingerprint density at radius 2 is 2.44 bits per heavy atom. The molecule has 0 radical (unpaired) electrons. The minimum atomic E-state index is -0.528. The first kappa shape index (κ1) is 14.8. The Kier molecular flexibility index (Phi) is 6.49. The SMILES string of the molecule is CCCC(C(=O)NCCC1CCOC1)C(N)=NO. The van der Waals surface area contributed by atoms with E-state index in [0.717, 1.165) is 32.5 Å². The van der Waals surface area contributed by atoms with E-state index >= 15 is 0 Å². The van der Waals surface area contributed by atoms with Crippen molar-refractivity contribution in [2.45, 2.75) is 32.6 Å². The van der Waals surface area contributed by atoms with E-state index < -0.39 is 5.92 Å². The predicted octanol–water partition coefficient (Wildman–Crippen LogP) is 0.692. The third kappa shape index (κ3) is 4.52. The minimum Gasteiger partial charge on any atom is -0.409 e. The van der Waals surface area contributed by atoms with Gasteiger partial charge in [-0.05, 0) is 25.2 Å². The molecular weight excluding hydrogens is 234 g/mol. The van der Waals surface area contributed by atoms with Crippen LogP contribution < -0.4 is 11.1 Å². The Bertz CT molecular complexity index is 288. The van der Waals surface area contributed by atoms with Gasteiger partial charge in [-0.1, -0.05) is 18.5 Å². The van der Waals surface area contributed by atoms with Gasteiger partial charge in [0.05, 0.1) is 5.92 Å². The maximum atomic E-state index is 11.9. The van der Waals surface area contributed by atoms with Crippen molar-refractivity contribution in [1.29, 1.82) is 0 Å². The van der Waals surface area contributed by atoms with Crippen molar-refractivity contribution >= 4 is 11.7 Å². The summed E-state index contributed by atoms with van der Waals surface area (Å²) < 4.78 is 5.27. The van der Waals surface area contributed by atoms with Crippen LogP contribution in [0.4, 0.5) is 0 Å². The van der Waals surface area contributed by atoms with E-state index in [1.807, 2.05) is 6.92 Å². The first-order valence-electron chi connectivity index (χ1n) is 6.51. The number of nitrogens with zero attached hydrogens (tertiary/aromatic N) is 1. The average molecular weight is 257 g/mol. The molecule has 2 unspecified atom stereocenters. The predicted molar refractivity (Wildman–Crippen MR) is 68.4 cm³/mol. The molecule has 0 bridgehead atoms. The summed E-state index contributed by atoms with van der Waals surface area (Å²) in [6.45, 7) is 4.18. The van der Waals surface area contributed by atoms with Crippen LogP contribution in [-0.4, -0.2) is 36.7 Å². The lowest BCUT2D eigenvalue weighted by atomic mass is 10.0. The zero-order chi connectivity index (χ0) is 13.4. The molecule has 6 nitrogen and oxygen atoms in total. The van der Waals surface area contributed by atoms with Gasteiger partial charge in [0.1, 0.15) is 0 Å². The number of amidine groups is 1. The first-order chi connectivity index (χ1) is 8.69. The maximum Gasteiger partial charge on any atom is 0.230 e. The van der Waals surface area contributed by atoms with E-state index in [0.29, 0.717) is 18.9 Å². The molecule has 0 aliphatic carbocycles. The molecule has 0 aromatic heterocycles. The molecule has 1 aliphatic rings. The highest BCUT2D eigenvalue weighted by Gasteiger charge is 2.22. The zero-order valence-corrected chi connectivity index (χ0v) is 10.9. The monoisotopic (exact) mass is 257 g/mol. The van der Waals surface area contributed by atoms with Gasteiger partial charge < -0.3 is 21.0 Å². The molecule has 1 heterocycles. The second-order valence-corrected chi connectivity index (χ2v) is 4.68. The number of rotatable bonds is 7. The number of hydrogen-bond donors (Lipinski definition) is 3. The average Bonchev–Trinajstić information content (AvgIpc) is 2.88. The molecular formula is C12H23N3O3. The van der Waals surface area contributed by atoms with Gasteiger partial charge in [-0.3, -0.25) is 4.79 Å². The van der Waals surface area contributed by atoms with Gasteiger partial charge in [0.15, 0.2) is 5.84 Å². The van der Waals surface area contributed by atoms with E-state index in [1.54, 1.807) is 0 Å². The summed E-state index contributed by atoms with van der Waals surface area (Å²) in [6.07, 6.45) is 3.38. The van der Waals surface area contributed by atoms with Crippen LogP contribution in [0.3, 0.4) is 0 Å². The topological polar surface area (TPSA) is 96.9 Å². The normalized spacial score (nSPS) is 21.8. The molecule has 18 heavy (non-hydrogen) atoms. The second-order valence-electron chi connectivity index (χ2n) is 4.68. The standard InChI is InChI=1S/C12H23N3O3/c1-2-3-10(11(13)15-17)12(16)14-6-4-9-5-7-18-8-9/h9-10,17H,2-8H2,1H3,(H2,13,15)(H,14,16). The van der Waals surface area contributed by atoms with Crippen molar-refractivity contribution in [3.8, 4) is 0 Å². The molecule has 4 N–H and O–H groups in total. The van der Waals surface area contributed by atoms with E-state index in [4.69, 9.17) is 15.7 Å².